The summed E-state index contributed by atoms with van der Waals surface area (Å²) in [6, 6.07) is 5.00. The number of nitrogens with zero attached hydrogens (tertiary/aromatic N) is 3. The maximum atomic E-state index is 11.9. The monoisotopic (exact) mass is 307 g/mol. The predicted octanol–water partition coefficient (Wildman–Crippen LogP) is 2.55. The molecule has 0 fully saturated rings. The summed E-state index contributed by atoms with van der Waals surface area (Å²) >= 11 is 6.01. The molecular formula is C14H18ClN5O. The quantitative estimate of drug-likeness (QED) is 0.831. The smallest absolute Gasteiger partial charge is 0.224 e. The first-order valence-electron chi connectivity index (χ1n) is 6.68. The van der Waals surface area contributed by atoms with E-state index in [9.17, 15) is 4.79 Å². The van der Waals surface area contributed by atoms with Crippen molar-refractivity contribution in [1.29, 1.82) is 0 Å². The Labute approximate surface area is 128 Å². The highest BCUT2D eigenvalue weighted by atomic mass is 35.5. The van der Waals surface area contributed by atoms with Gasteiger partial charge in [0.1, 0.15) is 11.6 Å². The van der Waals surface area contributed by atoms with Gasteiger partial charge in [0.2, 0.25) is 5.91 Å². The highest BCUT2D eigenvalue weighted by molar-refractivity contribution is 6.34. The zero-order chi connectivity index (χ0) is 15.4. The van der Waals surface area contributed by atoms with E-state index in [0.717, 1.165) is 11.6 Å². The van der Waals surface area contributed by atoms with Gasteiger partial charge in [-0.25, -0.2) is 4.98 Å². The first-order chi connectivity index (χ1) is 9.95. The Morgan fingerprint density at radius 3 is 2.81 bits per heavy atom. The van der Waals surface area contributed by atoms with Crippen LogP contribution in [0.5, 0.6) is 0 Å². The van der Waals surface area contributed by atoms with E-state index in [1.807, 2.05) is 13.8 Å². The highest BCUT2D eigenvalue weighted by Crippen LogP contribution is 2.24. The summed E-state index contributed by atoms with van der Waals surface area (Å²) in [6.45, 7) is 4.41. The number of nitrogens with two attached hydrogens (primary N) is 1. The molecule has 0 saturated carbocycles. The van der Waals surface area contributed by atoms with Crippen LogP contribution in [0.2, 0.25) is 5.02 Å². The molecule has 0 bridgehead atoms. The van der Waals surface area contributed by atoms with Crippen LogP contribution in [0.25, 0.3) is 0 Å². The van der Waals surface area contributed by atoms with E-state index in [0.29, 0.717) is 35.8 Å². The molecule has 0 saturated heterocycles. The fourth-order valence-corrected chi connectivity index (χ4v) is 2.24. The van der Waals surface area contributed by atoms with Crippen molar-refractivity contribution in [2.75, 3.05) is 11.1 Å². The second-order valence-corrected chi connectivity index (χ2v) is 5.23. The van der Waals surface area contributed by atoms with E-state index in [4.69, 9.17) is 17.3 Å². The van der Waals surface area contributed by atoms with Crippen LogP contribution in [0.3, 0.4) is 0 Å². The molecule has 0 aliphatic carbocycles. The van der Waals surface area contributed by atoms with E-state index in [2.05, 4.69) is 15.4 Å². The summed E-state index contributed by atoms with van der Waals surface area (Å²) in [4.78, 5) is 16.1. The second kappa shape index (κ2) is 6.58. The molecule has 112 valence electrons. The Hall–Kier alpha value is -2.08. The van der Waals surface area contributed by atoms with Gasteiger partial charge in [0.25, 0.3) is 0 Å². The Kier molecular flexibility index (Phi) is 4.80. The molecule has 0 aliphatic rings. The average molecular weight is 308 g/mol. The number of carbonyl (C=O) groups excluding carboxylic acids is 1. The van der Waals surface area contributed by atoms with E-state index in [1.165, 1.54) is 0 Å². The number of nitrogens with one attached hydrogen (secondary N) is 1. The summed E-state index contributed by atoms with van der Waals surface area (Å²) in [7, 11) is 0. The molecule has 2 rings (SSSR count). The van der Waals surface area contributed by atoms with Gasteiger partial charge in [0.15, 0.2) is 0 Å². The number of rotatable bonds is 5. The first-order valence-corrected chi connectivity index (χ1v) is 7.06. The summed E-state index contributed by atoms with van der Waals surface area (Å²) in [5, 5.41) is 7.46. The molecule has 0 spiro atoms. The van der Waals surface area contributed by atoms with E-state index >= 15 is 0 Å². The maximum Gasteiger partial charge on any atom is 0.224 e. The van der Waals surface area contributed by atoms with Gasteiger partial charge in [0, 0.05) is 18.7 Å². The molecule has 7 heteroatoms. The number of hydrogen-bond acceptors (Lipinski definition) is 4. The Morgan fingerprint density at radius 2 is 2.19 bits per heavy atom. The van der Waals surface area contributed by atoms with Gasteiger partial charge < -0.3 is 11.1 Å². The van der Waals surface area contributed by atoms with E-state index in [1.54, 1.807) is 22.9 Å². The zero-order valence-electron chi connectivity index (χ0n) is 12.1. The van der Waals surface area contributed by atoms with Crippen LogP contribution < -0.4 is 11.1 Å². The van der Waals surface area contributed by atoms with Crippen molar-refractivity contribution >= 4 is 28.9 Å². The number of halogens is 1. The molecule has 0 radical (unpaired) electrons. The molecule has 21 heavy (non-hydrogen) atoms. The first kappa shape index (κ1) is 15.3. The van der Waals surface area contributed by atoms with E-state index in [-0.39, 0.29) is 5.91 Å². The molecule has 2 aromatic rings. The maximum absolute atomic E-state index is 11.9. The number of nitrogen functional groups attached to an aromatic ring is 1. The van der Waals surface area contributed by atoms with Crippen LogP contribution in [0.15, 0.2) is 18.2 Å². The van der Waals surface area contributed by atoms with Crippen LogP contribution in [0.1, 0.15) is 24.5 Å². The van der Waals surface area contributed by atoms with Gasteiger partial charge in [0.05, 0.1) is 10.7 Å². The number of anilines is 2. The fourth-order valence-electron chi connectivity index (χ4n) is 2.01. The minimum absolute atomic E-state index is 0.0869. The molecule has 1 aromatic heterocycles. The molecule has 0 atom stereocenters. The normalized spacial score (nSPS) is 10.6. The van der Waals surface area contributed by atoms with Crippen molar-refractivity contribution in [1.82, 2.24) is 14.8 Å². The van der Waals surface area contributed by atoms with E-state index < -0.39 is 0 Å². The number of aromatic nitrogens is 3. The predicted molar refractivity (Wildman–Crippen MR) is 83.2 cm³/mol. The SMILES string of the molecule is Cc1nc(C)n(CCCC(=O)Nc2ccc(N)cc2Cl)n1. The largest absolute Gasteiger partial charge is 0.399 e. The molecule has 1 heterocycles. The van der Waals surface area contributed by atoms with Gasteiger partial charge >= 0.3 is 0 Å². The second-order valence-electron chi connectivity index (χ2n) is 4.82. The molecule has 1 amide bonds. The summed E-state index contributed by atoms with van der Waals surface area (Å²) in [6.07, 6.45) is 1.07. The molecular weight excluding hydrogens is 290 g/mol. The molecule has 1 aromatic carbocycles. The third kappa shape index (κ3) is 4.19. The van der Waals surface area contributed by atoms with Gasteiger partial charge in [-0.1, -0.05) is 11.6 Å². The third-order valence-corrected chi connectivity index (χ3v) is 3.32. The van der Waals surface area contributed by atoms with Gasteiger partial charge in [-0.2, -0.15) is 5.10 Å². The lowest BCUT2D eigenvalue weighted by Crippen LogP contribution is -2.13. The number of amides is 1. The number of benzene rings is 1. The highest BCUT2D eigenvalue weighted by Gasteiger charge is 2.07. The standard InChI is InChI=1S/C14H18ClN5O/c1-9-17-10(2)20(19-9)7-3-4-14(21)18-13-6-5-11(16)8-12(13)15/h5-6,8H,3-4,7,16H2,1-2H3,(H,18,21). The minimum atomic E-state index is -0.0869. The van der Waals surface area contributed by atoms with Crippen molar-refractivity contribution in [3.8, 4) is 0 Å². The topological polar surface area (TPSA) is 85.8 Å². The molecule has 0 unspecified atom stereocenters. The van der Waals surface area contributed by atoms with Gasteiger partial charge in [-0.05, 0) is 38.5 Å². The molecule has 6 nitrogen and oxygen atoms in total. The van der Waals surface area contributed by atoms with Crippen molar-refractivity contribution in [3.63, 3.8) is 0 Å². The Balaban J connectivity index is 1.83. The molecule has 0 aliphatic heterocycles. The fraction of sp³-hybridized carbons (Fsp3) is 0.357. The minimum Gasteiger partial charge on any atom is -0.399 e. The van der Waals surface area contributed by atoms with Crippen molar-refractivity contribution < 1.29 is 4.79 Å². The lowest BCUT2D eigenvalue weighted by atomic mass is 10.2. The van der Waals surface area contributed by atoms with Crippen LogP contribution in [-0.4, -0.2) is 20.7 Å². The summed E-state index contributed by atoms with van der Waals surface area (Å²) in [5.41, 5.74) is 6.74. The van der Waals surface area contributed by atoms with Crippen molar-refractivity contribution in [2.45, 2.75) is 33.2 Å². The third-order valence-electron chi connectivity index (χ3n) is 3.00. The summed E-state index contributed by atoms with van der Waals surface area (Å²) in [5.74, 6) is 1.51. The van der Waals surface area contributed by atoms with Crippen LogP contribution in [-0.2, 0) is 11.3 Å². The van der Waals surface area contributed by atoms with Crippen LogP contribution in [0.4, 0.5) is 11.4 Å². The number of aryl methyl sites for hydroxylation is 3. The van der Waals surface area contributed by atoms with Crippen molar-refractivity contribution in [3.05, 3.63) is 34.9 Å². The van der Waals surface area contributed by atoms with Gasteiger partial charge in [-0.3, -0.25) is 9.48 Å². The van der Waals surface area contributed by atoms with Crippen LogP contribution in [0, 0.1) is 13.8 Å². The summed E-state index contributed by atoms with van der Waals surface area (Å²) < 4.78 is 1.80. The Morgan fingerprint density at radius 1 is 1.43 bits per heavy atom. The average Bonchev–Trinajstić information content (AvgIpc) is 2.71. The zero-order valence-corrected chi connectivity index (χ0v) is 12.8. The number of hydrogen-bond donors (Lipinski definition) is 2. The van der Waals surface area contributed by atoms with Gasteiger partial charge in [-0.15, -0.1) is 0 Å². The Bertz CT molecular complexity index is 653. The lowest BCUT2D eigenvalue weighted by Gasteiger charge is -2.08. The molecule has 3 N–H and O–H groups in total. The van der Waals surface area contributed by atoms with Crippen LogP contribution >= 0.6 is 11.6 Å². The number of carbonyl (C=O) groups is 1. The lowest BCUT2D eigenvalue weighted by molar-refractivity contribution is -0.116. The van der Waals surface area contributed by atoms with Crippen molar-refractivity contribution in [2.24, 2.45) is 0 Å².